The number of pyridine rings is 1. The first-order valence-electron chi connectivity index (χ1n) is 9.28. The molecule has 1 aliphatic rings. The SMILES string of the molecule is CCOc1ccnc(CC(=O)c2ccc(B3OC(C)(C)C(C)(C)O3)cc2)c1. The normalized spacial score (nSPS) is 17.7. The lowest BCUT2D eigenvalue weighted by Crippen LogP contribution is -2.41. The molecular weight excluding hydrogens is 341 g/mol. The van der Waals surface area contributed by atoms with Crippen molar-refractivity contribution in [2.45, 2.75) is 52.2 Å². The molecule has 0 unspecified atom stereocenters. The smallest absolute Gasteiger partial charge is 0.494 e. The second kappa shape index (κ2) is 7.45. The van der Waals surface area contributed by atoms with E-state index in [2.05, 4.69) is 4.98 Å². The molecule has 0 saturated carbocycles. The molecule has 0 N–H and O–H groups in total. The number of hydrogen-bond donors (Lipinski definition) is 0. The molecular formula is C21H26BNO4. The minimum atomic E-state index is -0.427. The summed E-state index contributed by atoms with van der Waals surface area (Å²) >= 11 is 0. The molecule has 5 nitrogen and oxygen atoms in total. The van der Waals surface area contributed by atoms with Crippen LogP contribution in [0, 0.1) is 0 Å². The van der Waals surface area contributed by atoms with Gasteiger partial charge < -0.3 is 14.0 Å². The van der Waals surface area contributed by atoms with Crippen LogP contribution in [0.2, 0.25) is 0 Å². The summed E-state index contributed by atoms with van der Waals surface area (Å²) < 4.78 is 17.6. The predicted molar refractivity (Wildman–Crippen MR) is 106 cm³/mol. The lowest BCUT2D eigenvalue weighted by Gasteiger charge is -2.32. The van der Waals surface area contributed by atoms with Gasteiger partial charge in [-0.15, -0.1) is 0 Å². The second-order valence-electron chi connectivity index (χ2n) is 7.73. The Bertz CT molecular complexity index is 801. The number of Topliss-reactive ketones (excluding diaryl/α,β-unsaturated/α-hetero) is 1. The molecule has 0 radical (unpaired) electrons. The first-order chi connectivity index (χ1) is 12.7. The summed E-state index contributed by atoms with van der Waals surface area (Å²) in [6.45, 7) is 10.6. The standard InChI is InChI=1S/C21H26BNO4/c1-6-25-18-11-12-23-17(13-18)14-19(24)15-7-9-16(10-8-15)22-26-20(2,3)21(4,5)27-22/h7-13H,6,14H2,1-5H3. The van der Waals surface area contributed by atoms with Crippen LogP contribution in [0.4, 0.5) is 0 Å². The largest absolute Gasteiger partial charge is 0.494 e. The van der Waals surface area contributed by atoms with Gasteiger partial charge in [0.1, 0.15) is 5.75 Å². The van der Waals surface area contributed by atoms with E-state index < -0.39 is 7.12 Å². The van der Waals surface area contributed by atoms with E-state index in [4.69, 9.17) is 14.0 Å². The Kier molecular flexibility index (Phi) is 5.40. The van der Waals surface area contributed by atoms with Crippen LogP contribution in [-0.4, -0.2) is 35.7 Å². The highest BCUT2D eigenvalue weighted by Crippen LogP contribution is 2.36. The van der Waals surface area contributed by atoms with E-state index >= 15 is 0 Å². The molecule has 2 aromatic rings. The van der Waals surface area contributed by atoms with Gasteiger partial charge in [0, 0.05) is 17.8 Å². The third-order valence-electron chi connectivity index (χ3n) is 5.20. The highest BCUT2D eigenvalue weighted by Gasteiger charge is 2.51. The third kappa shape index (κ3) is 4.23. The van der Waals surface area contributed by atoms with Gasteiger partial charge in [-0.25, -0.2) is 0 Å². The van der Waals surface area contributed by atoms with Crippen LogP contribution in [0.1, 0.15) is 50.7 Å². The van der Waals surface area contributed by atoms with E-state index in [-0.39, 0.29) is 23.4 Å². The first kappa shape index (κ1) is 19.6. The van der Waals surface area contributed by atoms with Crippen molar-refractivity contribution in [2.24, 2.45) is 0 Å². The van der Waals surface area contributed by atoms with Gasteiger partial charge >= 0.3 is 7.12 Å². The molecule has 0 aliphatic carbocycles. The fraction of sp³-hybridized carbons (Fsp3) is 0.429. The zero-order chi connectivity index (χ0) is 19.7. The van der Waals surface area contributed by atoms with Crippen molar-refractivity contribution >= 4 is 18.4 Å². The summed E-state index contributed by atoms with van der Waals surface area (Å²) in [7, 11) is -0.427. The molecule has 0 atom stereocenters. The summed E-state index contributed by atoms with van der Waals surface area (Å²) in [5.74, 6) is 0.739. The first-order valence-corrected chi connectivity index (χ1v) is 9.28. The number of ether oxygens (including phenoxy) is 1. The molecule has 3 rings (SSSR count). The van der Waals surface area contributed by atoms with Crippen molar-refractivity contribution in [1.82, 2.24) is 4.98 Å². The number of ketones is 1. The average molecular weight is 367 g/mol. The molecule has 27 heavy (non-hydrogen) atoms. The zero-order valence-electron chi connectivity index (χ0n) is 16.6. The van der Waals surface area contributed by atoms with Crippen LogP contribution < -0.4 is 10.2 Å². The van der Waals surface area contributed by atoms with Crippen LogP contribution in [0.3, 0.4) is 0 Å². The van der Waals surface area contributed by atoms with Crippen molar-refractivity contribution in [3.63, 3.8) is 0 Å². The van der Waals surface area contributed by atoms with Crippen LogP contribution in [0.15, 0.2) is 42.6 Å². The Hall–Kier alpha value is -2.18. The van der Waals surface area contributed by atoms with E-state index in [0.717, 1.165) is 11.2 Å². The molecule has 1 fully saturated rings. The van der Waals surface area contributed by atoms with Gasteiger partial charge in [0.05, 0.1) is 29.9 Å². The molecule has 1 saturated heterocycles. The molecule has 6 heteroatoms. The molecule has 0 spiro atoms. The number of aromatic nitrogens is 1. The number of benzene rings is 1. The molecule has 1 aromatic carbocycles. The monoisotopic (exact) mass is 367 g/mol. The molecule has 0 amide bonds. The maximum atomic E-state index is 12.6. The second-order valence-corrected chi connectivity index (χ2v) is 7.73. The van der Waals surface area contributed by atoms with Gasteiger partial charge in [-0.3, -0.25) is 9.78 Å². The third-order valence-corrected chi connectivity index (χ3v) is 5.20. The average Bonchev–Trinajstić information content (AvgIpc) is 2.83. The Balaban J connectivity index is 1.69. The van der Waals surface area contributed by atoms with Crippen molar-refractivity contribution in [1.29, 1.82) is 0 Å². The number of carbonyl (C=O) groups excluding carboxylic acids is 1. The predicted octanol–water partition coefficient (Wildman–Crippen LogP) is 3.20. The number of hydrogen-bond acceptors (Lipinski definition) is 5. The molecule has 1 aromatic heterocycles. The van der Waals surface area contributed by atoms with Gasteiger partial charge in [-0.05, 0) is 46.1 Å². The van der Waals surface area contributed by atoms with Gasteiger partial charge in [-0.1, -0.05) is 24.3 Å². The van der Waals surface area contributed by atoms with Gasteiger partial charge in [0.15, 0.2) is 5.78 Å². The highest BCUT2D eigenvalue weighted by atomic mass is 16.7. The summed E-state index contributed by atoms with van der Waals surface area (Å²) in [4.78, 5) is 16.8. The van der Waals surface area contributed by atoms with E-state index in [1.165, 1.54) is 0 Å². The molecule has 1 aliphatic heterocycles. The zero-order valence-corrected chi connectivity index (χ0v) is 16.6. The fourth-order valence-electron chi connectivity index (χ4n) is 2.88. The summed E-state index contributed by atoms with van der Waals surface area (Å²) in [5, 5.41) is 0. The topological polar surface area (TPSA) is 57.7 Å². The van der Waals surface area contributed by atoms with Crippen LogP contribution >= 0.6 is 0 Å². The maximum absolute atomic E-state index is 12.6. The Morgan fingerprint density at radius 2 is 1.70 bits per heavy atom. The Labute approximate surface area is 161 Å². The Morgan fingerprint density at radius 3 is 2.30 bits per heavy atom. The lowest BCUT2D eigenvalue weighted by atomic mass is 9.78. The summed E-state index contributed by atoms with van der Waals surface area (Å²) in [6, 6.07) is 11.0. The summed E-state index contributed by atoms with van der Waals surface area (Å²) in [6.07, 6.45) is 1.89. The van der Waals surface area contributed by atoms with E-state index in [1.54, 1.807) is 18.3 Å². The molecule has 0 bridgehead atoms. The van der Waals surface area contributed by atoms with Gasteiger partial charge in [-0.2, -0.15) is 0 Å². The lowest BCUT2D eigenvalue weighted by molar-refractivity contribution is 0.00578. The van der Waals surface area contributed by atoms with Crippen LogP contribution in [0.5, 0.6) is 5.75 Å². The van der Waals surface area contributed by atoms with Gasteiger partial charge in [0.25, 0.3) is 0 Å². The van der Waals surface area contributed by atoms with Crippen molar-refractivity contribution in [2.75, 3.05) is 6.61 Å². The van der Waals surface area contributed by atoms with Crippen LogP contribution in [0.25, 0.3) is 0 Å². The van der Waals surface area contributed by atoms with E-state index in [1.807, 2.05) is 58.9 Å². The van der Waals surface area contributed by atoms with E-state index in [9.17, 15) is 4.79 Å². The van der Waals surface area contributed by atoms with Crippen molar-refractivity contribution < 1.29 is 18.8 Å². The highest BCUT2D eigenvalue weighted by molar-refractivity contribution is 6.62. The Morgan fingerprint density at radius 1 is 1.07 bits per heavy atom. The number of rotatable bonds is 6. The quantitative estimate of drug-likeness (QED) is 0.580. The van der Waals surface area contributed by atoms with Crippen LogP contribution in [-0.2, 0) is 15.7 Å². The van der Waals surface area contributed by atoms with Crippen molar-refractivity contribution in [3.05, 3.63) is 53.9 Å². The minimum absolute atomic E-state index is 0.0108. The molecule has 142 valence electrons. The number of carbonyl (C=O) groups is 1. The molecule has 2 heterocycles. The summed E-state index contributed by atoms with van der Waals surface area (Å²) in [5.41, 5.74) is 1.47. The number of nitrogens with zero attached hydrogens (tertiary/aromatic N) is 1. The maximum Gasteiger partial charge on any atom is 0.494 e. The van der Waals surface area contributed by atoms with Gasteiger partial charge in [0.2, 0.25) is 0 Å². The van der Waals surface area contributed by atoms with E-state index in [0.29, 0.717) is 17.9 Å². The fourth-order valence-corrected chi connectivity index (χ4v) is 2.88. The minimum Gasteiger partial charge on any atom is -0.494 e. The van der Waals surface area contributed by atoms with Crippen molar-refractivity contribution in [3.8, 4) is 5.75 Å².